The van der Waals surface area contributed by atoms with Crippen molar-refractivity contribution in [3.8, 4) is 16.9 Å². The second-order valence-corrected chi connectivity index (χ2v) is 7.57. The van der Waals surface area contributed by atoms with Gasteiger partial charge in [-0.1, -0.05) is 61.3 Å². The fourth-order valence-electron chi connectivity index (χ4n) is 2.71. The van der Waals surface area contributed by atoms with Crippen LogP contribution in [0, 0.1) is 5.92 Å². The summed E-state index contributed by atoms with van der Waals surface area (Å²) in [5.74, 6) is 0.336. The van der Waals surface area contributed by atoms with Crippen molar-refractivity contribution in [2.75, 3.05) is 6.54 Å². The largest absolute Gasteiger partial charge is 0.351 e. The first-order valence-electron chi connectivity index (χ1n) is 8.85. The highest BCUT2D eigenvalue weighted by Crippen LogP contribution is 2.28. The van der Waals surface area contributed by atoms with Crippen LogP contribution in [0.15, 0.2) is 54.6 Å². The molecule has 6 heteroatoms. The summed E-state index contributed by atoms with van der Waals surface area (Å²) in [4.78, 5) is 12.8. The third kappa shape index (κ3) is 4.71. The first kappa shape index (κ1) is 19.5. The number of carbonyl (C=O) groups is 1. The van der Waals surface area contributed by atoms with Crippen molar-refractivity contribution >= 4 is 29.1 Å². The van der Waals surface area contributed by atoms with E-state index in [0.717, 1.165) is 17.7 Å². The molecule has 0 radical (unpaired) electrons. The monoisotopic (exact) mass is 401 g/mol. The minimum Gasteiger partial charge on any atom is -0.351 e. The summed E-state index contributed by atoms with van der Waals surface area (Å²) in [6.07, 6.45) is 0.911. The highest BCUT2D eigenvalue weighted by Gasteiger charge is 2.18. The van der Waals surface area contributed by atoms with Gasteiger partial charge in [0.05, 0.1) is 16.4 Å². The van der Waals surface area contributed by atoms with Gasteiger partial charge in [0.25, 0.3) is 5.91 Å². The molecule has 0 fully saturated rings. The maximum atomic E-state index is 12.8. The molecule has 3 rings (SSSR count). The van der Waals surface area contributed by atoms with Crippen LogP contribution in [0.5, 0.6) is 0 Å². The van der Waals surface area contributed by atoms with E-state index in [1.165, 1.54) is 0 Å². The number of hydrogen-bond acceptors (Lipinski definition) is 2. The lowest BCUT2D eigenvalue weighted by molar-refractivity contribution is 0.0944. The lowest BCUT2D eigenvalue weighted by atomic mass is 10.1. The first-order chi connectivity index (χ1) is 13.0. The van der Waals surface area contributed by atoms with E-state index in [-0.39, 0.29) is 5.91 Å². The second kappa shape index (κ2) is 8.59. The minimum atomic E-state index is -0.179. The molecule has 0 atom stereocenters. The predicted molar refractivity (Wildman–Crippen MR) is 111 cm³/mol. The molecule has 1 heterocycles. The molecule has 1 amide bonds. The highest BCUT2D eigenvalue weighted by molar-refractivity contribution is 6.33. The zero-order chi connectivity index (χ0) is 19.4. The predicted octanol–water partition coefficient (Wildman–Crippen LogP) is 5.62. The Balaban J connectivity index is 2.02. The molecular weight excluding hydrogens is 381 g/mol. The van der Waals surface area contributed by atoms with E-state index in [1.807, 2.05) is 30.3 Å². The number of amides is 1. The molecular formula is C21H21Cl2N3O. The zero-order valence-corrected chi connectivity index (χ0v) is 16.8. The third-order valence-corrected chi connectivity index (χ3v) is 4.72. The summed E-state index contributed by atoms with van der Waals surface area (Å²) < 4.78 is 1.61. The molecule has 0 saturated carbocycles. The summed E-state index contributed by atoms with van der Waals surface area (Å²) in [6, 6.07) is 16.4. The number of hydrogen-bond donors (Lipinski definition) is 1. The quantitative estimate of drug-likeness (QED) is 0.582. The van der Waals surface area contributed by atoms with Crippen molar-refractivity contribution in [2.24, 2.45) is 5.92 Å². The van der Waals surface area contributed by atoms with Gasteiger partial charge in [0.1, 0.15) is 5.69 Å². The molecule has 0 aliphatic rings. The standard InChI is InChI=1S/C21H21Cl2N3O/c1-14(2)10-11-24-21(27)20-13-19(17-8-3-4-9-18(17)23)25-26(20)16-7-5-6-15(22)12-16/h3-9,12-14H,10-11H2,1-2H3,(H,24,27). The smallest absolute Gasteiger partial charge is 0.270 e. The van der Waals surface area contributed by atoms with Gasteiger partial charge in [-0.3, -0.25) is 4.79 Å². The molecule has 1 aromatic heterocycles. The molecule has 0 spiro atoms. The third-order valence-electron chi connectivity index (χ3n) is 4.15. The van der Waals surface area contributed by atoms with Crippen LogP contribution < -0.4 is 5.32 Å². The molecule has 4 nitrogen and oxygen atoms in total. The van der Waals surface area contributed by atoms with Crippen molar-refractivity contribution < 1.29 is 4.79 Å². The molecule has 0 unspecified atom stereocenters. The van der Waals surface area contributed by atoms with Crippen LogP contribution in [0.4, 0.5) is 0 Å². The fourth-order valence-corrected chi connectivity index (χ4v) is 3.13. The van der Waals surface area contributed by atoms with E-state index in [9.17, 15) is 4.79 Å². The van der Waals surface area contributed by atoms with E-state index >= 15 is 0 Å². The number of benzene rings is 2. The van der Waals surface area contributed by atoms with Crippen LogP contribution in [-0.2, 0) is 0 Å². The first-order valence-corrected chi connectivity index (χ1v) is 9.60. The van der Waals surface area contributed by atoms with Gasteiger partial charge < -0.3 is 5.32 Å². The van der Waals surface area contributed by atoms with Gasteiger partial charge in [0.2, 0.25) is 0 Å². The second-order valence-electron chi connectivity index (χ2n) is 6.72. The van der Waals surface area contributed by atoms with E-state index in [4.69, 9.17) is 23.2 Å². The van der Waals surface area contributed by atoms with Crippen LogP contribution in [-0.4, -0.2) is 22.2 Å². The summed E-state index contributed by atoms with van der Waals surface area (Å²) in [5.41, 5.74) is 2.57. The van der Waals surface area contributed by atoms with Crippen molar-refractivity contribution in [1.29, 1.82) is 0 Å². The molecule has 0 aliphatic carbocycles. The van der Waals surface area contributed by atoms with Crippen LogP contribution in [0.2, 0.25) is 10.0 Å². The Bertz CT molecular complexity index is 950. The zero-order valence-electron chi connectivity index (χ0n) is 15.2. The number of aromatic nitrogens is 2. The number of carbonyl (C=O) groups excluding carboxylic acids is 1. The number of nitrogens with one attached hydrogen (secondary N) is 1. The van der Waals surface area contributed by atoms with Crippen LogP contribution >= 0.6 is 23.2 Å². The number of halogens is 2. The summed E-state index contributed by atoms with van der Waals surface area (Å²) in [6.45, 7) is 4.86. The van der Waals surface area contributed by atoms with Crippen LogP contribution in [0.1, 0.15) is 30.8 Å². The van der Waals surface area contributed by atoms with Gasteiger partial charge in [-0.25, -0.2) is 4.68 Å². The molecule has 0 aliphatic heterocycles. The van der Waals surface area contributed by atoms with E-state index in [2.05, 4.69) is 24.3 Å². The Morgan fingerprint density at radius 1 is 1.11 bits per heavy atom. The lowest BCUT2D eigenvalue weighted by Gasteiger charge is -2.09. The Morgan fingerprint density at radius 2 is 1.89 bits per heavy atom. The molecule has 1 N–H and O–H groups in total. The van der Waals surface area contributed by atoms with Crippen LogP contribution in [0.3, 0.4) is 0 Å². The average Bonchev–Trinajstić information content (AvgIpc) is 3.07. The van der Waals surface area contributed by atoms with Gasteiger partial charge in [0.15, 0.2) is 0 Å². The summed E-state index contributed by atoms with van der Waals surface area (Å²) in [7, 11) is 0. The fraction of sp³-hybridized carbons (Fsp3) is 0.238. The maximum absolute atomic E-state index is 12.8. The molecule has 3 aromatic rings. The van der Waals surface area contributed by atoms with Gasteiger partial charge in [-0.05, 0) is 42.7 Å². The molecule has 0 bridgehead atoms. The van der Waals surface area contributed by atoms with E-state index in [1.54, 1.807) is 28.9 Å². The number of nitrogens with zero attached hydrogens (tertiary/aromatic N) is 2. The normalized spacial score (nSPS) is 11.0. The SMILES string of the molecule is CC(C)CCNC(=O)c1cc(-c2ccccc2Cl)nn1-c1cccc(Cl)c1. The van der Waals surface area contributed by atoms with Crippen molar-refractivity contribution in [1.82, 2.24) is 15.1 Å². The summed E-state index contributed by atoms with van der Waals surface area (Å²) >= 11 is 12.5. The van der Waals surface area contributed by atoms with Crippen molar-refractivity contribution in [3.63, 3.8) is 0 Å². The Hall–Kier alpha value is -2.30. The topological polar surface area (TPSA) is 46.9 Å². The van der Waals surface area contributed by atoms with E-state index in [0.29, 0.717) is 33.9 Å². The molecule has 140 valence electrons. The Labute approximate surface area is 169 Å². The molecule has 27 heavy (non-hydrogen) atoms. The van der Waals surface area contributed by atoms with Gasteiger partial charge in [-0.2, -0.15) is 5.10 Å². The lowest BCUT2D eigenvalue weighted by Crippen LogP contribution is -2.27. The maximum Gasteiger partial charge on any atom is 0.270 e. The molecule has 2 aromatic carbocycles. The minimum absolute atomic E-state index is 0.179. The van der Waals surface area contributed by atoms with E-state index < -0.39 is 0 Å². The van der Waals surface area contributed by atoms with Gasteiger partial charge in [0, 0.05) is 17.1 Å². The average molecular weight is 402 g/mol. The van der Waals surface area contributed by atoms with Gasteiger partial charge >= 0.3 is 0 Å². The number of rotatable bonds is 6. The van der Waals surface area contributed by atoms with Crippen molar-refractivity contribution in [2.45, 2.75) is 20.3 Å². The highest BCUT2D eigenvalue weighted by atomic mass is 35.5. The van der Waals surface area contributed by atoms with Crippen LogP contribution in [0.25, 0.3) is 16.9 Å². The van der Waals surface area contributed by atoms with Crippen molar-refractivity contribution in [3.05, 3.63) is 70.3 Å². The molecule has 0 saturated heterocycles. The Kier molecular flexibility index (Phi) is 6.19. The summed E-state index contributed by atoms with van der Waals surface area (Å²) in [5, 5.41) is 8.76. The van der Waals surface area contributed by atoms with Gasteiger partial charge in [-0.15, -0.1) is 0 Å². The Morgan fingerprint density at radius 3 is 2.59 bits per heavy atom.